The van der Waals surface area contributed by atoms with Crippen LogP contribution in [0.2, 0.25) is 0 Å². The fourth-order valence-electron chi connectivity index (χ4n) is 2.06. The first kappa shape index (κ1) is 11.4. The van der Waals surface area contributed by atoms with Crippen molar-refractivity contribution in [3.63, 3.8) is 0 Å². The Balaban J connectivity index is 2.47. The van der Waals surface area contributed by atoms with E-state index < -0.39 is 4.92 Å². The number of hydrogen-bond donors (Lipinski definition) is 0. The van der Waals surface area contributed by atoms with Crippen LogP contribution in [0.3, 0.4) is 0 Å². The molecule has 0 N–H and O–H groups in total. The Morgan fingerprint density at radius 2 is 2.24 bits per heavy atom. The van der Waals surface area contributed by atoms with Crippen LogP contribution in [0.1, 0.15) is 25.5 Å². The van der Waals surface area contributed by atoms with Gasteiger partial charge < -0.3 is 0 Å². The summed E-state index contributed by atoms with van der Waals surface area (Å²) in [5.74, 6) is 0.225. The van der Waals surface area contributed by atoms with Crippen molar-refractivity contribution >= 4 is 17.0 Å². The number of aromatic nitrogens is 1. The Morgan fingerprint density at radius 3 is 2.88 bits per heavy atom. The van der Waals surface area contributed by atoms with Crippen LogP contribution in [0.5, 0.6) is 0 Å². The maximum atomic E-state index is 11.5. The first-order chi connectivity index (χ1) is 8.08. The Kier molecular flexibility index (Phi) is 2.99. The molecule has 0 spiro atoms. The monoisotopic (exact) mass is 232 g/mol. The Morgan fingerprint density at radius 1 is 1.47 bits per heavy atom. The quantitative estimate of drug-likeness (QED) is 0.579. The van der Waals surface area contributed by atoms with E-state index in [1.54, 1.807) is 0 Å². The van der Waals surface area contributed by atoms with Crippen molar-refractivity contribution in [1.29, 1.82) is 0 Å². The lowest BCUT2D eigenvalue weighted by Crippen LogP contribution is -2.12. The van der Waals surface area contributed by atoms with Crippen LogP contribution < -0.4 is 0 Å². The molecule has 0 radical (unpaired) electrons. The van der Waals surface area contributed by atoms with Crippen LogP contribution in [0.25, 0.3) is 5.57 Å². The van der Waals surface area contributed by atoms with Gasteiger partial charge in [0.1, 0.15) is 5.69 Å². The largest absolute Gasteiger partial charge is 0.295 e. The maximum Gasteiger partial charge on any atom is 0.295 e. The summed E-state index contributed by atoms with van der Waals surface area (Å²) < 4.78 is 0. The van der Waals surface area contributed by atoms with Gasteiger partial charge in [0.25, 0.3) is 5.69 Å². The zero-order chi connectivity index (χ0) is 12.4. The van der Waals surface area contributed by atoms with Crippen molar-refractivity contribution in [3.8, 4) is 0 Å². The molecule has 5 nitrogen and oxygen atoms in total. The number of carbonyl (C=O) groups is 1. The molecule has 0 amide bonds. The highest BCUT2D eigenvalue weighted by Gasteiger charge is 2.24. The number of allylic oxidation sites excluding steroid dienone is 2. The molecule has 1 atom stereocenters. The van der Waals surface area contributed by atoms with E-state index in [2.05, 4.69) is 4.98 Å². The lowest BCUT2D eigenvalue weighted by Gasteiger charge is -2.17. The van der Waals surface area contributed by atoms with Crippen LogP contribution in [0.15, 0.2) is 24.4 Å². The smallest absolute Gasteiger partial charge is 0.295 e. The van der Waals surface area contributed by atoms with E-state index in [1.807, 2.05) is 6.92 Å². The van der Waals surface area contributed by atoms with Gasteiger partial charge >= 0.3 is 0 Å². The molecule has 1 aromatic rings. The third kappa shape index (κ3) is 2.38. The molecule has 1 aliphatic rings. The average Bonchev–Trinajstić information content (AvgIpc) is 2.27. The minimum absolute atomic E-state index is 0.0127. The van der Waals surface area contributed by atoms with Crippen LogP contribution in [0, 0.1) is 16.0 Å². The molecular formula is C12H12N2O3. The van der Waals surface area contributed by atoms with Gasteiger partial charge in [-0.05, 0) is 30.1 Å². The molecule has 17 heavy (non-hydrogen) atoms. The first-order valence-corrected chi connectivity index (χ1v) is 5.41. The van der Waals surface area contributed by atoms with E-state index in [0.717, 1.165) is 0 Å². The topological polar surface area (TPSA) is 73.1 Å². The predicted octanol–water partition coefficient (Wildman–Crippen LogP) is 2.37. The first-order valence-electron chi connectivity index (χ1n) is 5.41. The van der Waals surface area contributed by atoms with Gasteiger partial charge in [0.2, 0.25) is 0 Å². The molecule has 0 aliphatic heterocycles. The van der Waals surface area contributed by atoms with Crippen LogP contribution in [-0.4, -0.2) is 15.7 Å². The minimum Gasteiger partial charge on any atom is -0.295 e. The molecule has 1 heterocycles. The van der Waals surface area contributed by atoms with Crippen molar-refractivity contribution in [1.82, 2.24) is 4.98 Å². The molecule has 0 saturated heterocycles. The molecular weight excluding hydrogens is 220 g/mol. The second kappa shape index (κ2) is 4.45. The molecule has 0 saturated carbocycles. The van der Waals surface area contributed by atoms with E-state index in [-0.39, 0.29) is 17.4 Å². The third-order valence-electron chi connectivity index (χ3n) is 2.74. The maximum absolute atomic E-state index is 11.5. The lowest BCUT2D eigenvalue weighted by atomic mass is 9.87. The highest BCUT2D eigenvalue weighted by molar-refractivity contribution is 5.99. The van der Waals surface area contributed by atoms with E-state index >= 15 is 0 Å². The summed E-state index contributed by atoms with van der Waals surface area (Å²) in [6, 6.07) is 2.93. The molecule has 0 bridgehead atoms. The Bertz CT molecular complexity index is 508. The van der Waals surface area contributed by atoms with Crippen molar-refractivity contribution in [3.05, 3.63) is 40.2 Å². The van der Waals surface area contributed by atoms with Crippen LogP contribution in [0.4, 0.5) is 5.69 Å². The molecule has 5 heteroatoms. The van der Waals surface area contributed by atoms with Gasteiger partial charge in [0, 0.05) is 18.7 Å². The SMILES string of the molecule is CC1CC(=O)C=C(c2ncccc2[N+](=O)[O-])C1. The van der Waals surface area contributed by atoms with Gasteiger partial charge in [0.05, 0.1) is 4.92 Å². The average molecular weight is 232 g/mol. The normalized spacial score (nSPS) is 19.9. The number of carbonyl (C=O) groups excluding carboxylic acids is 1. The van der Waals surface area contributed by atoms with E-state index in [9.17, 15) is 14.9 Å². The van der Waals surface area contributed by atoms with E-state index in [1.165, 1.54) is 24.4 Å². The zero-order valence-electron chi connectivity index (χ0n) is 9.42. The number of rotatable bonds is 2. The number of ketones is 1. The summed E-state index contributed by atoms with van der Waals surface area (Å²) in [5, 5.41) is 10.9. The predicted molar refractivity (Wildman–Crippen MR) is 62.3 cm³/mol. The molecule has 1 aromatic heterocycles. The van der Waals surface area contributed by atoms with Gasteiger partial charge in [-0.3, -0.25) is 14.9 Å². The number of pyridine rings is 1. The Hall–Kier alpha value is -2.04. The lowest BCUT2D eigenvalue weighted by molar-refractivity contribution is -0.385. The second-order valence-electron chi connectivity index (χ2n) is 4.28. The van der Waals surface area contributed by atoms with Gasteiger partial charge in [-0.1, -0.05) is 6.92 Å². The summed E-state index contributed by atoms with van der Waals surface area (Å²) in [7, 11) is 0. The number of hydrogen-bond acceptors (Lipinski definition) is 4. The molecule has 1 unspecified atom stereocenters. The summed E-state index contributed by atoms with van der Waals surface area (Å²) in [4.78, 5) is 25.9. The van der Waals surface area contributed by atoms with Crippen molar-refractivity contribution in [2.45, 2.75) is 19.8 Å². The number of nitro groups is 1. The van der Waals surface area contributed by atoms with Gasteiger partial charge in [-0.25, -0.2) is 4.98 Å². The molecule has 88 valence electrons. The Labute approximate surface area is 98.3 Å². The summed E-state index contributed by atoms with van der Waals surface area (Å²) in [6.07, 6.45) is 4.15. The van der Waals surface area contributed by atoms with Crippen molar-refractivity contribution in [2.24, 2.45) is 5.92 Å². The highest BCUT2D eigenvalue weighted by atomic mass is 16.6. The highest BCUT2D eigenvalue weighted by Crippen LogP contribution is 2.32. The van der Waals surface area contributed by atoms with E-state index in [4.69, 9.17) is 0 Å². The standard InChI is InChI=1S/C12H12N2O3/c1-8-5-9(7-10(15)6-8)12-11(14(16)17)3-2-4-13-12/h2-4,7-8H,5-6H2,1H3. The number of nitrogens with zero attached hydrogens (tertiary/aromatic N) is 2. The van der Waals surface area contributed by atoms with Gasteiger partial charge in [-0.2, -0.15) is 0 Å². The van der Waals surface area contributed by atoms with Crippen molar-refractivity contribution in [2.75, 3.05) is 0 Å². The van der Waals surface area contributed by atoms with Gasteiger partial charge in [-0.15, -0.1) is 0 Å². The molecule has 1 aliphatic carbocycles. The summed E-state index contributed by atoms with van der Waals surface area (Å²) >= 11 is 0. The second-order valence-corrected chi connectivity index (χ2v) is 4.28. The van der Waals surface area contributed by atoms with Crippen LogP contribution in [-0.2, 0) is 4.79 Å². The summed E-state index contributed by atoms with van der Waals surface area (Å²) in [6.45, 7) is 1.96. The zero-order valence-corrected chi connectivity index (χ0v) is 9.42. The summed E-state index contributed by atoms with van der Waals surface area (Å²) in [5.41, 5.74) is 0.944. The minimum atomic E-state index is -0.465. The fourth-order valence-corrected chi connectivity index (χ4v) is 2.06. The molecule has 0 aromatic carbocycles. The van der Waals surface area contributed by atoms with Crippen LogP contribution >= 0.6 is 0 Å². The van der Waals surface area contributed by atoms with E-state index in [0.29, 0.717) is 24.1 Å². The molecule has 2 rings (SSSR count). The molecule has 0 fully saturated rings. The van der Waals surface area contributed by atoms with Crippen molar-refractivity contribution < 1.29 is 9.72 Å². The third-order valence-corrected chi connectivity index (χ3v) is 2.74. The van der Waals surface area contributed by atoms with Gasteiger partial charge in [0.15, 0.2) is 5.78 Å². The fraction of sp³-hybridized carbons (Fsp3) is 0.333.